The topological polar surface area (TPSA) is 0 Å². The predicted molar refractivity (Wildman–Crippen MR) is 51.2 cm³/mol. The lowest BCUT2D eigenvalue weighted by atomic mass is 10.2. The maximum Gasteiger partial charge on any atom is 0.0396 e. The first kappa shape index (κ1) is 8.28. The number of rotatable bonds is 1. The Balaban J connectivity index is 2.96. The summed E-state index contributed by atoms with van der Waals surface area (Å²) in [6.07, 6.45) is 0. The molecule has 0 amide bonds. The van der Waals surface area contributed by atoms with Gasteiger partial charge in [0.05, 0.1) is 0 Å². The summed E-state index contributed by atoms with van der Waals surface area (Å²) in [5, 5.41) is 0. The van der Waals surface area contributed by atoms with Gasteiger partial charge in [-0.15, -0.1) is 0 Å². The predicted octanol–water partition coefficient (Wildman–Crippen LogP) is 3.72. The molecule has 0 saturated carbocycles. The Morgan fingerprint density at radius 1 is 1.40 bits per heavy atom. The molecule has 0 aromatic heterocycles. The molecule has 1 radical (unpaired) electrons. The maximum absolute atomic E-state index is 3.85. The second-order valence-electron chi connectivity index (χ2n) is 2.02. The van der Waals surface area contributed by atoms with E-state index in [1.54, 1.807) is 0 Å². The summed E-state index contributed by atoms with van der Waals surface area (Å²) in [5.41, 5.74) is 1.19. The molecule has 0 aliphatic rings. The first-order valence-corrected chi connectivity index (χ1v) is 4.63. The fraction of sp³-hybridized carbons (Fsp3) is 0.125. The highest BCUT2D eigenvalue weighted by molar-refractivity contribution is 9.10. The van der Waals surface area contributed by atoms with E-state index < -0.39 is 0 Å². The Morgan fingerprint density at radius 2 is 2.10 bits per heavy atom. The molecule has 0 aliphatic carbocycles. The van der Waals surface area contributed by atoms with Crippen molar-refractivity contribution in [3.8, 4) is 0 Å². The van der Waals surface area contributed by atoms with Crippen molar-refractivity contribution in [2.24, 2.45) is 0 Å². The molecule has 2 heteroatoms. The summed E-state index contributed by atoms with van der Waals surface area (Å²) in [5.74, 6) is 0. The largest absolute Gasteiger partial charge is 0.0839 e. The van der Waals surface area contributed by atoms with Gasteiger partial charge in [0.1, 0.15) is 0 Å². The molecule has 0 aliphatic heterocycles. The molecule has 1 atom stereocenters. The summed E-state index contributed by atoms with van der Waals surface area (Å²) in [6.45, 7) is 3.85. The highest BCUT2D eigenvalue weighted by Crippen LogP contribution is 2.23. The summed E-state index contributed by atoms with van der Waals surface area (Å²) in [4.78, 5) is 0.185. The van der Waals surface area contributed by atoms with E-state index >= 15 is 0 Å². The fourth-order valence-electron chi connectivity index (χ4n) is 0.701. The minimum absolute atomic E-state index is 0.185. The average molecular weight is 263 g/mol. The molecule has 0 heterocycles. The second-order valence-corrected chi connectivity index (χ2v) is 4.04. The van der Waals surface area contributed by atoms with Crippen LogP contribution < -0.4 is 0 Å². The van der Waals surface area contributed by atoms with Crippen molar-refractivity contribution in [1.29, 1.82) is 0 Å². The molecule has 0 fully saturated rings. The summed E-state index contributed by atoms with van der Waals surface area (Å²) >= 11 is 6.77. The molecule has 0 saturated heterocycles. The molecular weight excluding hydrogens is 256 g/mol. The van der Waals surface area contributed by atoms with Crippen LogP contribution in [0, 0.1) is 6.92 Å². The molecule has 0 spiro atoms. The van der Waals surface area contributed by atoms with Crippen LogP contribution >= 0.6 is 31.9 Å². The van der Waals surface area contributed by atoms with Crippen molar-refractivity contribution in [2.45, 2.75) is 4.83 Å². The van der Waals surface area contributed by atoms with E-state index in [0.717, 1.165) is 4.47 Å². The highest BCUT2D eigenvalue weighted by Gasteiger charge is 1.98. The van der Waals surface area contributed by atoms with Gasteiger partial charge in [-0.1, -0.05) is 44.0 Å². The third-order valence-corrected chi connectivity index (χ3v) is 2.23. The number of alkyl halides is 1. The molecule has 1 rings (SSSR count). The van der Waals surface area contributed by atoms with Crippen molar-refractivity contribution in [3.05, 3.63) is 41.2 Å². The SMILES string of the molecule is [CH2]C(Br)c1cccc(Br)c1. The van der Waals surface area contributed by atoms with E-state index in [0.29, 0.717) is 0 Å². The van der Waals surface area contributed by atoms with Crippen molar-refractivity contribution in [3.63, 3.8) is 0 Å². The number of hydrogen-bond acceptors (Lipinski definition) is 0. The first-order chi connectivity index (χ1) is 4.70. The molecular formula is C8H7Br2. The Bertz CT molecular complexity index is 218. The molecule has 0 N–H and O–H groups in total. The number of benzene rings is 1. The van der Waals surface area contributed by atoms with Crippen molar-refractivity contribution in [1.82, 2.24) is 0 Å². The zero-order chi connectivity index (χ0) is 7.56. The normalized spacial score (nSPS) is 13.1. The van der Waals surface area contributed by atoms with Crippen molar-refractivity contribution < 1.29 is 0 Å². The zero-order valence-electron chi connectivity index (χ0n) is 5.35. The van der Waals surface area contributed by atoms with Gasteiger partial charge >= 0.3 is 0 Å². The van der Waals surface area contributed by atoms with E-state index in [-0.39, 0.29) is 4.83 Å². The zero-order valence-corrected chi connectivity index (χ0v) is 8.52. The molecule has 1 unspecified atom stereocenters. The van der Waals surface area contributed by atoms with Gasteiger partial charge in [-0.25, -0.2) is 0 Å². The van der Waals surface area contributed by atoms with Crippen LogP contribution in [0.25, 0.3) is 0 Å². The van der Waals surface area contributed by atoms with Crippen LogP contribution in [0.5, 0.6) is 0 Å². The fourth-order valence-corrected chi connectivity index (χ4v) is 1.40. The van der Waals surface area contributed by atoms with Crippen LogP contribution in [0.15, 0.2) is 28.7 Å². The third kappa shape index (κ3) is 2.10. The second kappa shape index (κ2) is 3.54. The van der Waals surface area contributed by atoms with Crippen LogP contribution in [-0.2, 0) is 0 Å². The molecule has 1 aromatic carbocycles. The Hall–Kier alpha value is 0.180. The molecule has 10 heavy (non-hydrogen) atoms. The molecule has 53 valence electrons. The Kier molecular flexibility index (Phi) is 2.93. The number of halogens is 2. The Morgan fingerprint density at radius 3 is 2.50 bits per heavy atom. The highest BCUT2D eigenvalue weighted by atomic mass is 79.9. The van der Waals surface area contributed by atoms with Gasteiger partial charge in [-0.3, -0.25) is 0 Å². The molecule has 1 aromatic rings. The third-order valence-electron chi connectivity index (χ3n) is 1.21. The lowest BCUT2D eigenvalue weighted by Gasteiger charge is -2.01. The van der Waals surface area contributed by atoms with E-state index in [1.807, 2.05) is 24.3 Å². The molecule has 0 bridgehead atoms. The van der Waals surface area contributed by atoms with Crippen molar-refractivity contribution >= 4 is 31.9 Å². The smallest absolute Gasteiger partial charge is 0.0396 e. The average Bonchev–Trinajstić information content (AvgIpc) is 1.88. The van der Waals surface area contributed by atoms with Crippen LogP contribution in [0.1, 0.15) is 10.4 Å². The number of hydrogen-bond donors (Lipinski definition) is 0. The van der Waals surface area contributed by atoms with E-state index in [2.05, 4.69) is 38.8 Å². The van der Waals surface area contributed by atoms with Gasteiger partial charge in [-0.2, -0.15) is 0 Å². The standard InChI is InChI=1S/C8H7Br2/c1-6(9)7-3-2-4-8(10)5-7/h2-6H,1H2. The molecule has 0 nitrogen and oxygen atoms in total. The van der Waals surface area contributed by atoms with Crippen LogP contribution in [0.3, 0.4) is 0 Å². The first-order valence-electron chi connectivity index (χ1n) is 2.93. The lowest BCUT2D eigenvalue weighted by molar-refractivity contribution is 1.25. The minimum atomic E-state index is 0.185. The van der Waals surface area contributed by atoms with Gasteiger partial charge in [0.25, 0.3) is 0 Å². The van der Waals surface area contributed by atoms with E-state index in [9.17, 15) is 0 Å². The van der Waals surface area contributed by atoms with Gasteiger partial charge < -0.3 is 0 Å². The van der Waals surface area contributed by atoms with Gasteiger partial charge in [0, 0.05) is 9.30 Å². The van der Waals surface area contributed by atoms with Gasteiger partial charge in [-0.05, 0) is 24.6 Å². The van der Waals surface area contributed by atoms with E-state index in [1.165, 1.54) is 5.56 Å². The lowest BCUT2D eigenvalue weighted by Crippen LogP contribution is -1.81. The summed E-state index contributed by atoms with van der Waals surface area (Å²) in [7, 11) is 0. The van der Waals surface area contributed by atoms with Gasteiger partial charge in [0.2, 0.25) is 0 Å². The van der Waals surface area contributed by atoms with E-state index in [4.69, 9.17) is 0 Å². The quantitative estimate of drug-likeness (QED) is 0.677. The van der Waals surface area contributed by atoms with Crippen molar-refractivity contribution in [2.75, 3.05) is 0 Å². The Labute approximate surface area is 77.9 Å². The summed E-state index contributed by atoms with van der Waals surface area (Å²) in [6, 6.07) is 8.08. The van der Waals surface area contributed by atoms with Crippen LogP contribution in [0.4, 0.5) is 0 Å². The minimum Gasteiger partial charge on any atom is -0.0839 e. The monoisotopic (exact) mass is 261 g/mol. The maximum atomic E-state index is 3.85. The van der Waals surface area contributed by atoms with Gasteiger partial charge in [0.15, 0.2) is 0 Å². The summed E-state index contributed by atoms with van der Waals surface area (Å²) < 4.78 is 1.10. The van der Waals surface area contributed by atoms with Crippen LogP contribution in [-0.4, -0.2) is 0 Å². The van der Waals surface area contributed by atoms with Crippen LogP contribution in [0.2, 0.25) is 0 Å².